The van der Waals surface area contributed by atoms with Crippen LogP contribution in [0.5, 0.6) is 23.0 Å². The minimum atomic E-state index is -0.569. The van der Waals surface area contributed by atoms with Crippen LogP contribution in [-0.4, -0.2) is 12.6 Å². The van der Waals surface area contributed by atoms with E-state index in [-0.39, 0.29) is 23.8 Å². The number of halogens is 2. The summed E-state index contributed by atoms with van der Waals surface area (Å²) in [5.41, 5.74) is 9.00. The molecule has 0 aliphatic carbocycles. The van der Waals surface area contributed by atoms with Crippen LogP contribution in [0.25, 0.3) is 0 Å². The highest BCUT2D eigenvalue weighted by atomic mass is 35.5. The molecule has 0 bridgehead atoms. The Morgan fingerprint density at radius 2 is 1.81 bits per heavy atom. The number of hydrogen-bond donors (Lipinski definition) is 1. The molecule has 1 aliphatic heterocycles. The molecule has 1 heterocycles. The monoisotopic (exact) mass is 600 g/mol. The predicted molar refractivity (Wildman–Crippen MR) is 160 cm³/mol. The van der Waals surface area contributed by atoms with Crippen LogP contribution in [-0.2, 0) is 6.61 Å². The topological polar surface area (TPSA) is 104 Å². The van der Waals surface area contributed by atoms with Gasteiger partial charge in [-0.25, -0.2) is 4.79 Å². The Bertz CT molecular complexity index is 1710. The highest BCUT2D eigenvalue weighted by molar-refractivity contribution is 6.35. The van der Waals surface area contributed by atoms with Crippen molar-refractivity contribution in [3.63, 3.8) is 0 Å². The average Bonchev–Trinajstić information content (AvgIpc) is 2.99. The molecule has 0 saturated carbocycles. The van der Waals surface area contributed by atoms with E-state index in [1.165, 1.54) is 0 Å². The minimum Gasteiger partial charge on any atom is -0.493 e. The van der Waals surface area contributed by atoms with E-state index >= 15 is 0 Å². The molecule has 0 radical (unpaired) electrons. The van der Waals surface area contributed by atoms with E-state index in [2.05, 4.69) is 6.07 Å². The summed E-state index contributed by atoms with van der Waals surface area (Å²) < 4.78 is 23.2. The maximum absolute atomic E-state index is 13.0. The van der Waals surface area contributed by atoms with Gasteiger partial charge in [-0.15, -0.1) is 0 Å². The van der Waals surface area contributed by atoms with Gasteiger partial charge < -0.3 is 24.7 Å². The second-order valence-electron chi connectivity index (χ2n) is 9.46. The van der Waals surface area contributed by atoms with Crippen LogP contribution in [0.4, 0.5) is 0 Å². The highest BCUT2D eigenvalue weighted by Crippen LogP contribution is 2.44. The molecule has 0 saturated heterocycles. The molecule has 0 spiro atoms. The number of allylic oxidation sites excluding steroid dienone is 1. The summed E-state index contributed by atoms with van der Waals surface area (Å²) in [6.07, 6.45) is 0.804. The van der Waals surface area contributed by atoms with Crippen molar-refractivity contribution in [2.24, 2.45) is 5.73 Å². The SMILES string of the molecule is CCCOc1ccccc1C(=O)Oc1ccc2c(c1)OC(N)=C(C#N)C2c1cccc(OCc2ccc(Cl)cc2Cl)c1. The molecule has 0 amide bonds. The summed E-state index contributed by atoms with van der Waals surface area (Å²) in [7, 11) is 0. The van der Waals surface area contributed by atoms with Crippen molar-refractivity contribution in [3.8, 4) is 29.1 Å². The molecule has 1 aliphatic rings. The number of esters is 1. The lowest BCUT2D eigenvalue weighted by molar-refractivity contribution is 0.0730. The Balaban J connectivity index is 1.40. The predicted octanol–water partition coefficient (Wildman–Crippen LogP) is 7.80. The van der Waals surface area contributed by atoms with Gasteiger partial charge in [0.1, 0.15) is 46.8 Å². The zero-order chi connectivity index (χ0) is 29.6. The number of nitrogens with zero attached hydrogens (tertiary/aromatic N) is 1. The first-order chi connectivity index (χ1) is 20.4. The zero-order valence-electron chi connectivity index (χ0n) is 22.6. The van der Waals surface area contributed by atoms with Gasteiger partial charge in [0.25, 0.3) is 0 Å². The number of fused-ring (bicyclic) bond motifs is 1. The summed E-state index contributed by atoms with van der Waals surface area (Å²) in [5.74, 6) is 0.526. The Morgan fingerprint density at radius 1 is 0.976 bits per heavy atom. The molecule has 0 fully saturated rings. The van der Waals surface area contributed by atoms with Gasteiger partial charge in [-0.3, -0.25) is 0 Å². The lowest BCUT2D eigenvalue weighted by atomic mass is 9.83. The van der Waals surface area contributed by atoms with E-state index < -0.39 is 11.9 Å². The molecule has 1 atom stereocenters. The van der Waals surface area contributed by atoms with E-state index in [9.17, 15) is 10.1 Å². The van der Waals surface area contributed by atoms with E-state index in [1.54, 1.807) is 54.6 Å². The van der Waals surface area contributed by atoms with Gasteiger partial charge in [0.15, 0.2) is 0 Å². The van der Waals surface area contributed by atoms with Gasteiger partial charge in [-0.2, -0.15) is 5.26 Å². The van der Waals surface area contributed by atoms with Gasteiger partial charge in [0.2, 0.25) is 5.88 Å². The lowest BCUT2D eigenvalue weighted by Gasteiger charge is -2.27. The van der Waals surface area contributed by atoms with Crippen LogP contribution in [0.2, 0.25) is 10.0 Å². The van der Waals surface area contributed by atoms with E-state index in [0.717, 1.165) is 17.5 Å². The van der Waals surface area contributed by atoms with Crippen molar-refractivity contribution in [2.75, 3.05) is 6.61 Å². The fourth-order valence-electron chi connectivity index (χ4n) is 4.56. The minimum absolute atomic E-state index is 0.0314. The van der Waals surface area contributed by atoms with E-state index in [4.69, 9.17) is 47.9 Å². The van der Waals surface area contributed by atoms with Crippen LogP contribution in [0.1, 0.15) is 46.3 Å². The van der Waals surface area contributed by atoms with Crippen LogP contribution in [0.3, 0.4) is 0 Å². The van der Waals surface area contributed by atoms with Crippen molar-refractivity contribution >= 4 is 29.2 Å². The molecular weight excluding hydrogens is 575 g/mol. The first-order valence-electron chi connectivity index (χ1n) is 13.2. The van der Waals surface area contributed by atoms with Crippen LogP contribution in [0.15, 0.2) is 96.4 Å². The molecule has 42 heavy (non-hydrogen) atoms. The summed E-state index contributed by atoms with van der Waals surface area (Å²) in [6, 6.07) is 26.7. The quantitative estimate of drug-likeness (QED) is 0.154. The zero-order valence-corrected chi connectivity index (χ0v) is 24.1. The highest BCUT2D eigenvalue weighted by Gasteiger charge is 2.31. The Labute approximate surface area is 253 Å². The van der Waals surface area contributed by atoms with Crippen molar-refractivity contribution in [1.29, 1.82) is 5.26 Å². The molecule has 1 unspecified atom stereocenters. The molecule has 4 aromatic carbocycles. The second-order valence-corrected chi connectivity index (χ2v) is 10.3. The number of para-hydroxylation sites is 1. The molecule has 5 rings (SSSR count). The van der Waals surface area contributed by atoms with Crippen LogP contribution < -0.4 is 24.7 Å². The fourth-order valence-corrected chi connectivity index (χ4v) is 5.02. The van der Waals surface area contributed by atoms with E-state index in [0.29, 0.717) is 45.0 Å². The average molecular weight is 601 g/mol. The molecule has 0 aromatic heterocycles. The maximum atomic E-state index is 13.0. The van der Waals surface area contributed by atoms with Crippen molar-refractivity contribution < 1.29 is 23.7 Å². The smallest absolute Gasteiger partial charge is 0.347 e. The van der Waals surface area contributed by atoms with Gasteiger partial charge in [0.05, 0.1) is 12.5 Å². The van der Waals surface area contributed by atoms with Crippen LogP contribution >= 0.6 is 23.2 Å². The number of rotatable bonds is 9. The summed E-state index contributed by atoms with van der Waals surface area (Å²) in [5, 5.41) is 11.0. The molecule has 7 nitrogen and oxygen atoms in total. The van der Waals surface area contributed by atoms with E-state index in [1.807, 2.05) is 37.3 Å². The summed E-state index contributed by atoms with van der Waals surface area (Å²) in [6.45, 7) is 2.69. The Hall–Kier alpha value is -4.64. The van der Waals surface area contributed by atoms with Gasteiger partial charge in [-0.05, 0) is 54.4 Å². The van der Waals surface area contributed by atoms with Crippen LogP contribution in [0, 0.1) is 11.3 Å². The molecule has 9 heteroatoms. The number of hydrogen-bond acceptors (Lipinski definition) is 7. The number of carbonyl (C=O) groups is 1. The lowest BCUT2D eigenvalue weighted by Crippen LogP contribution is -2.21. The molecule has 212 valence electrons. The van der Waals surface area contributed by atoms with Gasteiger partial charge in [-0.1, -0.05) is 66.5 Å². The maximum Gasteiger partial charge on any atom is 0.347 e. The molecular formula is C33H26Cl2N2O5. The second kappa shape index (κ2) is 12.9. The van der Waals surface area contributed by atoms with Crippen molar-refractivity contribution in [2.45, 2.75) is 25.9 Å². The number of nitrogens with two attached hydrogens (primary N) is 1. The van der Waals surface area contributed by atoms with Crippen molar-refractivity contribution in [1.82, 2.24) is 0 Å². The third kappa shape index (κ3) is 6.31. The third-order valence-electron chi connectivity index (χ3n) is 6.57. The number of benzene rings is 4. The number of ether oxygens (including phenoxy) is 4. The number of nitriles is 1. The Morgan fingerprint density at radius 3 is 2.60 bits per heavy atom. The Kier molecular flexibility index (Phi) is 8.87. The first kappa shape index (κ1) is 28.9. The van der Waals surface area contributed by atoms with Gasteiger partial charge >= 0.3 is 5.97 Å². The van der Waals surface area contributed by atoms with Gasteiger partial charge in [0, 0.05) is 27.2 Å². The molecule has 2 N–H and O–H groups in total. The largest absolute Gasteiger partial charge is 0.493 e. The number of carbonyl (C=O) groups excluding carboxylic acids is 1. The third-order valence-corrected chi connectivity index (χ3v) is 7.16. The standard InChI is InChI=1S/C33H26Cl2N2O5/c1-2-14-39-29-9-4-3-8-26(29)33(38)41-24-12-13-25-30(17-24)42-32(37)27(18-36)31(25)20-6-5-7-23(15-20)40-19-21-10-11-22(34)16-28(21)35/h3-13,15-17,31H,2,14,19,37H2,1H3. The fraction of sp³-hybridized carbons (Fsp3) is 0.152. The normalized spacial score (nSPS) is 13.9. The summed E-state index contributed by atoms with van der Waals surface area (Å²) in [4.78, 5) is 13.0. The first-order valence-corrected chi connectivity index (χ1v) is 14.0. The summed E-state index contributed by atoms with van der Waals surface area (Å²) >= 11 is 12.3. The molecule has 4 aromatic rings. The van der Waals surface area contributed by atoms with Crippen molar-refractivity contribution in [3.05, 3.63) is 129 Å².